The van der Waals surface area contributed by atoms with E-state index < -0.39 is 21.7 Å². The lowest BCUT2D eigenvalue weighted by Crippen LogP contribution is -2.53. The van der Waals surface area contributed by atoms with Crippen molar-refractivity contribution in [2.75, 3.05) is 26.4 Å². The van der Waals surface area contributed by atoms with E-state index in [4.69, 9.17) is 0 Å². The van der Waals surface area contributed by atoms with E-state index in [1.165, 1.54) is 9.21 Å². The monoisotopic (exact) mass is 292 g/mol. The standard InChI is InChI=1S/C12H24N2O4S/c1-12(2,16)9-13(3)11(15)10-7-5-6-8-14(10)19(4,17)18/h10,16H,5-9H2,1-4H3. The molecule has 1 rings (SSSR count). The van der Waals surface area contributed by atoms with Crippen molar-refractivity contribution in [1.82, 2.24) is 9.21 Å². The molecule has 6 nitrogen and oxygen atoms in total. The number of hydrogen-bond acceptors (Lipinski definition) is 4. The second kappa shape index (κ2) is 5.76. The van der Waals surface area contributed by atoms with Crippen LogP contribution in [0.4, 0.5) is 0 Å². The van der Waals surface area contributed by atoms with Crippen LogP contribution in [0.1, 0.15) is 33.1 Å². The van der Waals surface area contributed by atoms with Crippen molar-refractivity contribution in [3.8, 4) is 0 Å². The van der Waals surface area contributed by atoms with E-state index in [9.17, 15) is 18.3 Å². The van der Waals surface area contributed by atoms with Crippen molar-refractivity contribution < 1.29 is 18.3 Å². The maximum absolute atomic E-state index is 12.3. The van der Waals surface area contributed by atoms with Gasteiger partial charge in [0.2, 0.25) is 15.9 Å². The van der Waals surface area contributed by atoms with Gasteiger partial charge in [-0.1, -0.05) is 6.42 Å². The molecule has 1 saturated heterocycles. The lowest BCUT2D eigenvalue weighted by molar-refractivity contribution is -0.137. The molecule has 0 aromatic rings. The summed E-state index contributed by atoms with van der Waals surface area (Å²) in [7, 11) is -1.78. The molecule has 0 spiro atoms. The van der Waals surface area contributed by atoms with Crippen LogP contribution >= 0.6 is 0 Å². The molecule has 0 saturated carbocycles. The van der Waals surface area contributed by atoms with Crippen LogP contribution in [-0.2, 0) is 14.8 Å². The first-order valence-corrected chi connectivity index (χ1v) is 8.31. The van der Waals surface area contributed by atoms with Crippen LogP contribution in [0.2, 0.25) is 0 Å². The number of rotatable bonds is 4. The Hall–Kier alpha value is -0.660. The zero-order chi connectivity index (χ0) is 14.8. The fourth-order valence-electron chi connectivity index (χ4n) is 2.46. The molecule has 1 atom stereocenters. The molecule has 0 aromatic carbocycles. The van der Waals surface area contributed by atoms with Gasteiger partial charge in [-0.15, -0.1) is 0 Å². The largest absolute Gasteiger partial charge is 0.389 e. The molecule has 0 aromatic heterocycles. The molecule has 1 unspecified atom stereocenters. The Kier molecular flexibility index (Phi) is 4.97. The summed E-state index contributed by atoms with van der Waals surface area (Å²) in [6.45, 7) is 3.81. The van der Waals surface area contributed by atoms with E-state index in [1.54, 1.807) is 20.9 Å². The van der Waals surface area contributed by atoms with Crippen LogP contribution in [0.3, 0.4) is 0 Å². The molecular weight excluding hydrogens is 268 g/mol. The third kappa shape index (κ3) is 4.74. The number of piperidine rings is 1. The Morgan fingerprint density at radius 1 is 1.42 bits per heavy atom. The maximum Gasteiger partial charge on any atom is 0.240 e. The van der Waals surface area contributed by atoms with E-state index in [0.717, 1.165) is 19.1 Å². The minimum atomic E-state index is -3.37. The summed E-state index contributed by atoms with van der Waals surface area (Å²) >= 11 is 0. The zero-order valence-corrected chi connectivity index (χ0v) is 12.9. The molecule has 1 N–H and O–H groups in total. The normalized spacial score (nSPS) is 22.3. The highest BCUT2D eigenvalue weighted by Crippen LogP contribution is 2.21. The molecule has 1 aliphatic rings. The lowest BCUT2D eigenvalue weighted by Gasteiger charge is -2.36. The van der Waals surface area contributed by atoms with E-state index in [0.29, 0.717) is 13.0 Å². The number of hydrogen-bond donors (Lipinski definition) is 1. The molecule has 0 bridgehead atoms. The summed E-state index contributed by atoms with van der Waals surface area (Å²) in [5.74, 6) is -0.243. The van der Waals surface area contributed by atoms with Gasteiger partial charge in [0.25, 0.3) is 0 Å². The third-order valence-corrected chi connectivity index (χ3v) is 4.45. The topological polar surface area (TPSA) is 77.9 Å². The molecule has 1 heterocycles. The van der Waals surface area contributed by atoms with Gasteiger partial charge < -0.3 is 10.0 Å². The predicted octanol–water partition coefficient (Wildman–Crippen LogP) is 0.0298. The summed E-state index contributed by atoms with van der Waals surface area (Å²) in [4.78, 5) is 13.8. The van der Waals surface area contributed by atoms with Crippen LogP contribution in [0.5, 0.6) is 0 Å². The Balaban J connectivity index is 2.83. The van der Waals surface area contributed by atoms with Gasteiger partial charge in [0.05, 0.1) is 11.9 Å². The first-order chi connectivity index (χ1) is 8.52. The zero-order valence-electron chi connectivity index (χ0n) is 12.1. The van der Waals surface area contributed by atoms with Crippen molar-refractivity contribution in [3.63, 3.8) is 0 Å². The molecule has 0 aliphatic carbocycles. The summed E-state index contributed by atoms with van der Waals surface area (Å²) in [6, 6.07) is -0.629. The van der Waals surface area contributed by atoms with Gasteiger partial charge in [-0.05, 0) is 26.7 Å². The Bertz CT molecular complexity index is 428. The maximum atomic E-state index is 12.3. The number of carbonyl (C=O) groups is 1. The number of aliphatic hydroxyl groups is 1. The van der Waals surface area contributed by atoms with Crippen molar-refractivity contribution in [3.05, 3.63) is 0 Å². The van der Waals surface area contributed by atoms with Crippen LogP contribution in [0.25, 0.3) is 0 Å². The molecule has 19 heavy (non-hydrogen) atoms. The molecule has 1 amide bonds. The molecule has 1 aliphatic heterocycles. The van der Waals surface area contributed by atoms with Crippen molar-refractivity contribution in [2.45, 2.75) is 44.8 Å². The predicted molar refractivity (Wildman–Crippen MR) is 73.1 cm³/mol. The fourth-order valence-corrected chi connectivity index (χ4v) is 3.58. The molecule has 7 heteroatoms. The highest BCUT2D eigenvalue weighted by atomic mass is 32.2. The number of amides is 1. The van der Waals surface area contributed by atoms with Gasteiger partial charge >= 0.3 is 0 Å². The SMILES string of the molecule is CN(CC(C)(C)O)C(=O)C1CCCCN1S(C)(=O)=O. The smallest absolute Gasteiger partial charge is 0.240 e. The summed E-state index contributed by atoms with van der Waals surface area (Å²) < 4.78 is 24.7. The Morgan fingerprint density at radius 3 is 2.47 bits per heavy atom. The van der Waals surface area contributed by atoms with Crippen molar-refractivity contribution in [2.24, 2.45) is 0 Å². The molecule has 1 fully saturated rings. The Labute approximate surface area is 115 Å². The van der Waals surface area contributed by atoms with Crippen LogP contribution in [0.15, 0.2) is 0 Å². The number of likely N-dealkylation sites (N-methyl/N-ethyl adjacent to an activating group) is 1. The number of sulfonamides is 1. The van der Waals surface area contributed by atoms with Gasteiger partial charge in [-0.25, -0.2) is 8.42 Å². The molecule has 0 radical (unpaired) electrons. The van der Waals surface area contributed by atoms with Gasteiger partial charge in [0.1, 0.15) is 6.04 Å². The van der Waals surface area contributed by atoms with Gasteiger partial charge in [-0.3, -0.25) is 4.79 Å². The molecular formula is C12H24N2O4S. The minimum Gasteiger partial charge on any atom is -0.389 e. The first kappa shape index (κ1) is 16.4. The molecule has 112 valence electrons. The minimum absolute atomic E-state index is 0.180. The fraction of sp³-hybridized carbons (Fsp3) is 0.917. The average molecular weight is 292 g/mol. The van der Waals surface area contributed by atoms with E-state index in [1.807, 2.05) is 0 Å². The second-order valence-electron chi connectivity index (χ2n) is 5.89. The van der Waals surface area contributed by atoms with E-state index >= 15 is 0 Å². The van der Waals surface area contributed by atoms with Gasteiger partial charge in [0.15, 0.2) is 0 Å². The van der Waals surface area contributed by atoms with Crippen LogP contribution in [0, 0.1) is 0 Å². The van der Waals surface area contributed by atoms with E-state index in [2.05, 4.69) is 0 Å². The number of nitrogens with zero attached hydrogens (tertiary/aromatic N) is 2. The van der Waals surface area contributed by atoms with Gasteiger partial charge in [0, 0.05) is 20.1 Å². The van der Waals surface area contributed by atoms with E-state index in [-0.39, 0.29) is 12.5 Å². The van der Waals surface area contributed by atoms with Crippen molar-refractivity contribution in [1.29, 1.82) is 0 Å². The van der Waals surface area contributed by atoms with Crippen LogP contribution in [-0.4, -0.2) is 66.7 Å². The highest BCUT2D eigenvalue weighted by Gasteiger charge is 2.36. The first-order valence-electron chi connectivity index (χ1n) is 6.46. The van der Waals surface area contributed by atoms with Gasteiger partial charge in [-0.2, -0.15) is 4.31 Å². The van der Waals surface area contributed by atoms with Crippen LogP contribution < -0.4 is 0 Å². The lowest BCUT2D eigenvalue weighted by atomic mass is 10.0. The summed E-state index contributed by atoms with van der Waals surface area (Å²) in [5, 5.41) is 9.74. The Morgan fingerprint density at radius 2 is 2.00 bits per heavy atom. The average Bonchev–Trinajstić information content (AvgIpc) is 2.24. The summed E-state index contributed by atoms with van der Waals surface area (Å²) in [5.41, 5.74) is -0.991. The second-order valence-corrected chi connectivity index (χ2v) is 7.83. The quantitative estimate of drug-likeness (QED) is 0.793. The summed E-state index contributed by atoms with van der Waals surface area (Å²) in [6.07, 6.45) is 3.31. The number of carbonyl (C=O) groups excluding carboxylic acids is 1. The highest BCUT2D eigenvalue weighted by molar-refractivity contribution is 7.88. The van der Waals surface area contributed by atoms with Crippen molar-refractivity contribution >= 4 is 15.9 Å². The third-order valence-electron chi connectivity index (χ3n) is 3.17.